The summed E-state index contributed by atoms with van der Waals surface area (Å²) in [6.07, 6.45) is 0. The Kier molecular flexibility index (Phi) is 7.27. The van der Waals surface area contributed by atoms with Crippen LogP contribution >= 0.6 is 11.3 Å². The highest BCUT2D eigenvalue weighted by molar-refractivity contribution is 7.26. The van der Waals surface area contributed by atoms with Crippen molar-refractivity contribution in [2.75, 3.05) is 0 Å². The van der Waals surface area contributed by atoms with Crippen LogP contribution in [0, 0.1) is 0 Å². The van der Waals surface area contributed by atoms with Crippen molar-refractivity contribution in [2.45, 2.75) is 26.2 Å². The third-order valence-electron chi connectivity index (χ3n) is 8.81. The van der Waals surface area contributed by atoms with Crippen molar-refractivity contribution in [3.8, 4) is 56.2 Å². The first-order valence-electron chi connectivity index (χ1n) is 16.1. The number of hydrogen-bond acceptors (Lipinski definition) is 3. The van der Waals surface area contributed by atoms with Crippen LogP contribution in [0.5, 0.6) is 0 Å². The quantitative estimate of drug-likeness (QED) is 0.191. The number of benzene rings is 6. The van der Waals surface area contributed by atoms with E-state index in [9.17, 15) is 0 Å². The highest BCUT2D eigenvalue weighted by Gasteiger charge is 2.21. The average molecular weight is 623 g/mol. The van der Waals surface area contributed by atoms with Gasteiger partial charge in [-0.05, 0) is 57.5 Å². The second-order valence-corrected chi connectivity index (χ2v) is 14.1. The lowest BCUT2D eigenvalue weighted by atomic mass is 9.86. The molecule has 8 aromatic rings. The molecule has 2 heterocycles. The van der Waals surface area contributed by atoms with Gasteiger partial charge in [0.15, 0.2) is 5.82 Å². The van der Waals surface area contributed by atoms with Gasteiger partial charge in [0.05, 0.1) is 11.4 Å². The molecule has 0 bridgehead atoms. The minimum atomic E-state index is 0.0564. The Balaban J connectivity index is 1.38. The molecule has 0 atom stereocenters. The first kappa shape index (κ1) is 29.1. The highest BCUT2D eigenvalue weighted by atomic mass is 32.1. The van der Waals surface area contributed by atoms with Crippen LogP contribution in [0.3, 0.4) is 0 Å². The lowest BCUT2D eigenvalue weighted by Crippen LogP contribution is -2.10. The molecule has 0 saturated carbocycles. The zero-order chi connectivity index (χ0) is 32.0. The Labute approximate surface area is 280 Å². The molecule has 0 aliphatic carbocycles. The Bertz CT molecular complexity index is 2310. The van der Waals surface area contributed by atoms with Crippen LogP contribution in [-0.4, -0.2) is 9.97 Å². The van der Waals surface area contributed by atoms with E-state index in [-0.39, 0.29) is 5.41 Å². The summed E-state index contributed by atoms with van der Waals surface area (Å²) in [4.78, 5) is 10.2. The van der Waals surface area contributed by atoms with E-state index in [1.165, 1.54) is 42.4 Å². The first-order valence-corrected chi connectivity index (χ1v) is 16.9. The Morgan fingerprint density at radius 1 is 0.426 bits per heavy atom. The largest absolute Gasteiger partial charge is 0.228 e. The van der Waals surface area contributed by atoms with Crippen LogP contribution in [0.2, 0.25) is 0 Å². The molecule has 8 rings (SSSR count). The van der Waals surface area contributed by atoms with Gasteiger partial charge in [-0.3, -0.25) is 0 Å². The van der Waals surface area contributed by atoms with Crippen molar-refractivity contribution in [3.05, 3.63) is 157 Å². The van der Waals surface area contributed by atoms with Crippen LogP contribution < -0.4 is 0 Å². The van der Waals surface area contributed by atoms with E-state index >= 15 is 0 Å². The Morgan fingerprint density at radius 3 is 1.62 bits per heavy atom. The summed E-state index contributed by atoms with van der Waals surface area (Å²) in [7, 11) is 0. The maximum absolute atomic E-state index is 5.20. The van der Waals surface area contributed by atoms with E-state index < -0.39 is 0 Å². The Morgan fingerprint density at radius 2 is 0.957 bits per heavy atom. The molecule has 0 unspecified atom stereocenters. The number of rotatable bonds is 5. The molecule has 0 N–H and O–H groups in total. The van der Waals surface area contributed by atoms with Crippen molar-refractivity contribution in [1.29, 1.82) is 0 Å². The molecule has 0 spiro atoms. The molecular weight excluding hydrogens is 589 g/mol. The van der Waals surface area contributed by atoms with Crippen molar-refractivity contribution < 1.29 is 0 Å². The van der Waals surface area contributed by atoms with E-state index in [2.05, 4.69) is 148 Å². The highest BCUT2D eigenvalue weighted by Crippen LogP contribution is 2.45. The predicted octanol–water partition coefficient (Wildman–Crippen LogP) is 12.5. The van der Waals surface area contributed by atoms with Crippen LogP contribution in [0.1, 0.15) is 26.3 Å². The zero-order valence-corrected chi connectivity index (χ0v) is 27.6. The summed E-state index contributed by atoms with van der Waals surface area (Å²) in [5, 5.41) is 2.63. The van der Waals surface area contributed by atoms with Gasteiger partial charge in [-0.2, -0.15) is 0 Å². The molecule has 0 amide bonds. The molecule has 6 aromatic carbocycles. The molecule has 226 valence electrons. The number of aromatic nitrogens is 2. The molecule has 2 aromatic heterocycles. The maximum Gasteiger partial charge on any atom is 0.160 e. The van der Waals surface area contributed by atoms with Gasteiger partial charge in [-0.25, -0.2) is 9.97 Å². The van der Waals surface area contributed by atoms with Gasteiger partial charge in [0.1, 0.15) is 0 Å². The van der Waals surface area contributed by atoms with E-state index in [1.807, 2.05) is 35.6 Å². The van der Waals surface area contributed by atoms with Crippen molar-refractivity contribution in [3.63, 3.8) is 0 Å². The molecular formula is C44H34N2S. The summed E-state index contributed by atoms with van der Waals surface area (Å²) in [5.41, 5.74) is 11.1. The van der Waals surface area contributed by atoms with Crippen molar-refractivity contribution >= 4 is 31.5 Å². The minimum Gasteiger partial charge on any atom is -0.228 e. The van der Waals surface area contributed by atoms with E-state index in [4.69, 9.17) is 9.97 Å². The van der Waals surface area contributed by atoms with E-state index in [1.54, 1.807) is 0 Å². The molecule has 0 radical (unpaired) electrons. The normalized spacial score (nSPS) is 11.7. The minimum absolute atomic E-state index is 0.0564. The van der Waals surface area contributed by atoms with Crippen LogP contribution in [0.25, 0.3) is 76.3 Å². The zero-order valence-electron chi connectivity index (χ0n) is 26.7. The number of nitrogens with zero attached hydrogens (tertiary/aromatic N) is 2. The molecule has 2 nitrogen and oxygen atoms in total. The van der Waals surface area contributed by atoms with Gasteiger partial charge >= 0.3 is 0 Å². The number of hydrogen-bond donors (Lipinski definition) is 0. The summed E-state index contributed by atoms with van der Waals surface area (Å²) in [5.74, 6) is 0.718. The van der Waals surface area contributed by atoms with E-state index in [0.29, 0.717) is 0 Å². The molecule has 0 saturated heterocycles. The van der Waals surface area contributed by atoms with Gasteiger partial charge in [0.25, 0.3) is 0 Å². The summed E-state index contributed by atoms with van der Waals surface area (Å²) < 4.78 is 2.69. The fourth-order valence-corrected chi connectivity index (χ4v) is 7.99. The monoisotopic (exact) mass is 622 g/mol. The number of thiophene rings is 1. The number of fused-ring (bicyclic) bond motifs is 3. The van der Waals surface area contributed by atoms with Gasteiger partial charge < -0.3 is 0 Å². The molecule has 0 aliphatic heterocycles. The van der Waals surface area contributed by atoms with Crippen molar-refractivity contribution in [2.24, 2.45) is 0 Å². The summed E-state index contributed by atoms with van der Waals surface area (Å²) in [6.45, 7) is 6.91. The first-order chi connectivity index (χ1) is 22.9. The van der Waals surface area contributed by atoms with Crippen LogP contribution in [0.4, 0.5) is 0 Å². The molecule has 3 heteroatoms. The Hall–Kier alpha value is -5.38. The topological polar surface area (TPSA) is 25.8 Å². The fraction of sp³-hybridized carbons (Fsp3) is 0.0909. The lowest BCUT2D eigenvalue weighted by molar-refractivity contribution is 0.597. The standard InChI is InChI=1S/C44H34N2S/c1-44(2,3)38-24-14-23-37-36-22-13-21-35(41(36)47-42(37)38)33-25-32(29-15-7-4-8-16-29)26-34(27-33)40-28-39(30-17-9-5-10-18-30)45-43(46-40)31-19-11-6-12-20-31/h4-28H,1-3H3. The molecule has 47 heavy (non-hydrogen) atoms. The fourth-order valence-electron chi connectivity index (χ4n) is 6.43. The van der Waals surface area contributed by atoms with E-state index in [0.717, 1.165) is 39.5 Å². The molecule has 0 fully saturated rings. The lowest BCUT2D eigenvalue weighted by Gasteiger charge is -2.19. The second kappa shape index (κ2) is 11.8. The van der Waals surface area contributed by atoms with Gasteiger partial charge in [-0.15, -0.1) is 11.3 Å². The maximum atomic E-state index is 5.20. The predicted molar refractivity (Wildman–Crippen MR) is 201 cm³/mol. The van der Waals surface area contributed by atoms with Crippen molar-refractivity contribution in [1.82, 2.24) is 9.97 Å². The summed E-state index contributed by atoms with van der Waals surface area (Å²) in [6, 6.07) is 53.9. The second-order valence-electron chi connectivity index (χ2n) is 13.1. The SMILES string of the molecule is CC(C)(C)c1cccc2c1sc1c(-c3cc(-c4ccccc4)cc(-c4cc(-c5ccccc5)nc(-c5ccccc5)n4)c3)cccc12. The molecule has 0 aliphatic rings. The third kappa shape index (κ3) is 5.54. The van der Waals surface area contributed by atoms with Gasteiger partial charge in [0.2, 0.25) is 0 Å². The van der Waals surface area contributed by atoms with Crippen LogP contribution in [-0.2, 0) is 5.41 Å². The van der Waals surface area contributed by atoms with Gasteiger partial charge in [0, 0.05) is 36.9 Å². The summed E-state index contributed by atoms with van der Waals surface area (Å²) >= 11 is 1.91. The van der Waals surface area contributed by atoms with Gasteiger partial charge in [-0.1, -0.05) is 148 Å². The third-order valence-corrected chi connectivity index (χ3v) is 10.1. The smallest absolute Gasteiger partial charge is 0.160 e. The van der Waals surface area contributed by atoms with Crippen LogP contribution in [0.15, 0.2) is 152 Å². The average Bonchev–Trinajstić information content (AvgIpc) is 3.51.